The molecule has 0 atom stereocenters. The van der Waals surface area contributed by atoms with Crippen LogP contribution in [0.4, 0.5) is 0 Å². The van der Waals surface area contributed by atoms with Crippen molar-refractivity contribution in [1.82, 2.24) is 0 Å². The van der Waals surface area contributed by atoms with Crippen LogP contribution in [0.1, 0.15) is 6.92 Å². The highest BCUT2D eigenvalue weighted by Gasteiger charge is 2.12. The molecule has 0 unspecified atom stereocenters. The minimum Gasteiger partial charge on any atom is -0.464 e. The molecule has 0 aliphatic rings. The third-order valence-corrected chi connectivity index (χ3v) is 1.82. The van der Waals surface area contributed by atoms with Crippen molar-refractivity contribution in [2.75, 3.05) is 26.0 Å². The van der Waals surface area contributed by atoms with Gasteiger partial charge in [-0.25, -0.2) is 4.79 Å². The third kappa shape index (κ3) is 9.49. The van der Waals surface area contributed by atoms with Gasteiger partial charge < -0.3 is 19.3 Å². The summed E-state index contributed by atoms with van der Waals surface area (Å²) in [5.74, 6) is -0.534. The summed E-state index contributed by atoms with van der Waals surface area (Å²) in [6.45, 7) is 1.51. The van der Waals surface area contributed by atoms with Crippen LogP contribution in [-0.2, 0) is 18.8 Å². The molecule has 0 saturated heterocycles. The summed E-state index contributed by atoms with van der Waals surface area (Å²) in [5, 5.41) is 0. The van der Waals surface area contributed by atoms with Gasteiger partial charge in [0, 0.05) is 0 Å². The Morgan fingerprint density at radius 1 is 1.46 bits per heavy atom. The monoisotopic (exact) mass is 212 g/mol. The summed E-state index contributed by atoms with van der Waals surface area (Å²) in [4.78, 5) is 27.4. The molecule has 6 nitrogen and oxygen atoms in total. The number of ether oxygens (including phenoxy) is 2. The van der Waals surface area contributed by atoms with Gasteiger partial charge in [0.25, 0.3) is 0 Å². The lowest BCUT2D eigenvalue weighted by atomic mass is 10.7. The van der Waals surface area contributed by atoms with Crippen molar-refractivity contribution in [3.05, 3.63) is 0 Å². The van der Waals surface area contributed by atoms with Crippen molar-refractivity contribution in [3.8, 4) is 0 Å². The van der Waals surface area contributed by atoms with Gasteiger partial charge in [-0.1, -0.05) is 0 Å². The predicted molar refractivity (Wildman–Crippen MR) is 44.4 cm³/mol. The molecule has 0 saturated carbocycles. The molecule has 7 heteroatoms. The molecule has 0 amide bonds. The first-order valence-corrected chi connectivity index (χ1v) is 5.53. The van der Waals surface area contributed by atoms with Gasteiger partial charge in [-0.2, -0.15) is 0 Å². The molecule has 0 rings (SSSR count). The van der Waals surface area contributed by atoms with Crippen LogP contribution in [0, 0.1) is 0 Å². The second-order valence-electron chi connectivity index (χ2n) is 2.25. The molecule has 0 aromatic rings. The molecule has 13 heavy (non-hydrogen) atoms. The number of carbonyl (C=O) groups excluding carboxylic acids is 1. The van der Waals surface area contributed by atoms with Gasteiger partial charge in [0.15, 0.2) is 0 Å². The summed E-state index contributed by atoms with van der Waals surface area (Å²) in [6.07, 6.45) is -0.383. The van der Waals surface area contributed by atoms with Crippen LogP contribution >= 0.6 is 7.60 Å². The molecular formula is C6H13O6P. The molecule has 0 heterocycles. The van der Waals surface area contributed by atoms with Gasteiger partial charge in [0.1, 0.15) is 6.61 Å². The largest absolute Gasteiger partial charge is 0.464 e. The maximum absolute atomic E-state index is 10.6. The maximum Gasteiger partial charge on any atom is 0.332 e. The Labute approximate surface area is 76.0 Å². The zero-order chi connectivity index (χ0) is 10.3. The van der Waals surface area contributed by atoms with E-state index in [-0.39, 0.29) is 26.0 Å². The minimum atomic E-state index is -4.02. The summed E-state index contributed by atoms with van der Waals surface area (Å²) in [7, 11) is -4.02. The van der Waals surface area contributed by atoms with Crippen molar-refractivity contribution in [3.63, 3.8) is 0 Å². The number of esters is 1. The molecule has 0 bridgehead atoms. The fraction of sp³-hybridized carbons (Fsp3) is 0.833. The van der Waals surface area contributed by atoms with Crippen LogP contribution in [0.3, 0.4) is 0 Å². The highest BCUT2D eigenvalue weighted by Crippen LogP contribution is 2.33. The van der Waals surface area contributed by atoms with Gasteiger partial charge in [-0.3, -0.25) is 4.57 Å². The summed E-state index contributed by atoms with van der Waals surface area (Å²) in [5.41, 5.74) is 0. The maximum atomic E-state index is 10.6. The van der Waals surface area contributed by atoms with E-state index in [4.69, 9.17) is 9.79 Å². The highest BCUT2D eigenvalue weighted by atomic mass is 31.2. The lowest BCUT2D eigenvalue weighted by Crippen LogP contribution is -2.14. The fourth-order valence-electron chi connectivity index (χ4n) is 0.542. The van der Waals surface area contributed by atoms with E-state index >= 15 is 0 Å². The molecule has 0 aliphatic carbocycles. The number of carbonyl (C=O) groups is 1. The van der Waals surface area contributed by atoms with Crippen molar-refractivity contribution < 1.29 is 28.6 Å². The van der Waals surface area contributed by atoms with Crippen LogP contribution in [0.25, 0.3) is 0 Å². The molecule has 0 aromatic carbocycles. The zero-order valence-corrected chi connectivity index (χ0v) is 8.20. The predicted octanol–water partition coefficient (Wildman–Crippen LogP) is -0.256. The van der Waals surface area contributed by atoms with E-state index in [0.29, 0.717) is 0 Å². The Hall–Kier alpha value is -0.420. The van der Waals surface area contributed by atoms with E-state index < -0.39 is 13.6 Å². The van der Waals surface area contributed by atoms with Crippen molar-refractivity contribution in [2.45, 2.75) is 6.92 Å². The molecular weight excluding hydrogens is 199 g/mol. The van der Waals surface area contributed by atoms with Crippen LogP contribution in [0.5, 0.6) is 0 Å². The minimum absolute atomic E-state index is 0.150. The normalized spacial score (nSPS) is 11.3. The molecule has 0 aromatic heterocycles. The first-order valence-electron chi connectivity index (χ1n) is 3.73. The summed E-state index contributed by atoms with van der Waals surface area (Å²) < 4.78 is 19.5. The van der Waals surface area contributed by atoms with Gasteiger partial charge in [0.2, 0.25) is 0 Å². The third-order valence-electron chi connectivity index (χ3n) is 1.05. The zero-order valence-electron chi connectivity index (χ0n) is 7.30. The first kappa shape index (κ1) is 12.6. The molecule has 0 aliphatic heterocycles. The second kappa shape index (κ2) is 6.10. The first-order chi connectivity index (χ1) is 5.95. The Morgan fingerprint density at radius 3 is 2.54 bits per heavy atom. The fourth-order valence-corrected chi connectivity index (χ4v) is 0.909. The number of rotatable bonds is 6. The lowest BCUT2D eigenvalue weighted by molar-refractivity contribution is -0.148. The van der Waals surface area contributed by atoms with E-state index in [1.807, 2.05) is 0 Å². The topological polar surface area (TPSA) is 93.1 Å². The average Bonchev–Trinajstić information content (AvgIpc) is 1.97. The SMILES string of the molecule is CCOC(=O)COCCP(=O)(O)O. The molecule has 0 radical (unpaired) electrons. The van der Waals surface area contributed by atoms with E-state index in [9.17, 15) is 9.36 Å². The average molecular weight is 212 g/mol. The van der Waals surface area contributed by atoms with E-state index in [0.717, 1.165) is 0 Å². The van der Waals surface area contributed by atoms with E-state index in [1.54, 1.807) is 6.92 Å². The number of hydrogen-bond donors (Lipinski definition) is 2. The molecule has 78 valence electrons. The summed E-state index contributed by atoms with van der Waals surface area (Å²) in [6, 6.07) is 0. The summed E-state index contributed by atoms with van der Waals surface area (Å²) >= 11 is 0. The van der Waals surface area contributed by atoms with Gasteiger partial charge in [0.05, 0.1) is 19.4 Å². The van der Waals surface area contributed by atoms with Gasteiger partial charge in [-0.05, 0) is 6.92 Å². The number of hydrogen-bond acceptors (Lipinski definition) is 4. The van der Waals surface area contributed by atoms with Gasteiger partial charge in [-0.15, -0.1) is 0 Å². The van der Waals surface area contributed by atoms with Crippen LogP contribution in [-0.4, -0.2) is 41.7 Å². The van der Waals surface area contributed by atoms with Crippen molar-refractivity contribution in [2.24, 2.45) is 0 Å². The standard InChI is InChI=1S/C6H13O6P/c1-2-12-6(7)5-11-3-4-13(8,9)10/h2-5H2,1H3,(H2,8,9,10). The Balaban J connectivity index is 3.36. The van der Waals surface area contributed by atoms with E-state index in [1.165, 1.54) is 0 Å². The Morgan fingerprint density at radius 2 is 2.08 bits per heavy atom. The van der Waals surface area contributed by atoms with Crippen LogP contribution < -0.4 is 0 Å². The molecule has 2 N–H and O–H groups in total. The Bertz CT molecular complexity index is 197. The van der Waals surface area contributed by atoms with E-state index in [2.05, 4.69) is 9.47 Å². The quantitative estimate of drug-likeness (QED) is 0.358. The lowest BCUT2D eigenvalue weighted by Gasteiger charge is -2.04. The van der Waals surface area contributed by atoms with Crippen molar-refractivity contribution >= 4 is 13.6 Å². The second-order valence-corrected chi connectivity index (χ2v) is 4.02. The molecule has 0 spiro atoms. The van der Waals surface area contributed by atoms with Crippen molar-refractivity contribution in [1.29, 1.82) is 0 Å². The highest BCUT2D eigenvalue weighted by molar-refractivity contribution is 7.51. The Kier molecular flexibility index (Phi) is 5.90. The molecule has 0 fully saturated rings. The van der Waals surface area contributed by atoms with Crippen LogP contribution in [0.15, 0.2) is 0 Å². The van der Waals surface area contributed by atoms with Gasteiger partial charge >= 0.3 is 13.6 Å². The van der Waals surface area contributed by atoms with Crippen LogP contribution in [0.2, 0.25) is 0 Å². The smallest absolute Gasteiger partial charge is 0.332 e.